The Morgan fingerprint density at radius 3 is 2.88 bits per heavy atom. The third kappa shape index (κ3) is 1.93. The molecule has 0 radical (unpaired) electrons. The van der Waals surface area contributed by atoms with Gasteiger partial charge in [0.15, 0.2) is 0 Å². The first-order chi connectivity index (χ1) is 8.25. The van der Waals surface area contributed by atoms with Crippen molar-refractivity contribution in [2.75, 3.05) is 26.8 Å². The van der Waals surface area contributed by atoms with Crippen LogP contribution in [0.5, 0.6) is 0 Å². The first-order valence-corrected chi connectivity index (χ1v) is 6.34. The molecule has 0 atom stereocenters. The maximum absolute atomic E-state index is 12.3. The summed E-state index contributed by atoms with van der Waals surface area (Å²) in [6, 6.07) is 0.298. The van der Waals surface area contributed by atoms with Crippen LogP contribution in [0, 0.1) is 0 Å². The Morgan fingerprint density at radius 1 is 1.35 bits per heavy atom. The van der Waals surface area contributed by atoms with E-state index < -0.39 is 0 Å². The molecule has 17 heavy (non-hydrogen) atoms. The van der Waals surface area contributed by atoms with Crippen LogP contribution < -0.4 is 5.56 Å². The van der Waals surface area contributed by atoms with Gasteiger partial charge >= 0.3 is 0 Å². The van der Waals surface area contributed by atoms with Gasteiger partial charge in [-0.1, -0.05) is 0 Å². The van der Waals surface area contributed by atoms with Crippen molar-refractivity contribution in [1.82, 2.24) is 14.7 Å². The monoisotopic (exact) mass is 237 g/mol. The molecule has 0 aliphatic carbocycles. The fraction of sp³-hybridized carbons (Fsp3) is 0.750. The van der Waals surface area contributed by atoms with Crippen molar-refractivity contribution in [3.63, 3.8) is 0 Å². The molecule has 3 heterocycles. The van der Waals surface area contributed by atoms with Crippen molar-refractivity contribution in [1.29, 1.82) is 0 Å². The summed E-state index contributed by atoms with van der Waals surface area (Å²) in [7, 11) is 2.09. The zero-order chi connectivity index (χ0) is 11.8. The van der Waals surface area contributed by atoms with E-state index in [1.165, 1.54) is 0 Å². The minimum absolute atomic E-state index is 0.194. The van der Waals surface area contributed by atoms with Crippen LogP contribution in [0.2, 0.25) is 0 Å². The van der Waals surface area contributed by atoms with Crippen LogP contribution in [0.25, 0.3) is 0 Å². The number of likely N-dealkylation sites (N-methyl/N-ethyl adjacent to an activating group) is 1. The topological polar surface area (TPSA) is 50.3 Å². The van der Waals surface area contributed by atoms with E-state index in [1.54, 1.807) is 0 Å². The quantitative estimate of drug-likeness (QED) is 0.774. The van der Waals surface area contributed by atoms with Crippen LogP contribution in [0.1, 0.15) is 30.1 Å². The summed E-state index contributed by atoms with van der Waals surface area (Å²) in [4.78, 5) is 14.5. The van der Waals surface area contributed by atoms with Gasteiger partial charge in [-0.3, -0.25) is 9.89 Å². The van der Waals surface area contributed by atoms with E-state index in [-0.39, 0.29) is 5.56 Å². The van der Waals surface area contributed by atoms with Crippen LogP contribution in [-0.2, 0) is 17.7 Å². The first kappa shape index (κ1) is 11.0. The van der Waals surface area contributed by atoms with Crippen LogP contribution in [0.3, 0.4) is 0 Å². The minimum atomic E-state index is 0.194. The van der Waals surface area contributed by atoms with Gasteiger partial charge in [0.25, 0.3) is 5.56 Å². The van der Waals surface area contributed by atoms with Crippen molar-refractivity contribution in [2.24, 2.45) is 0 Å². The highest BCUT2D eigenvalue weighted by atomic mass is 16.5. The summed E-state index contributed by atoms with van der Waals surface area (Å²) in [5, 5.41) is 3.31. The van der Waals surface area contributed by atoms with Crippen LogP contribution in [0.15, 0.2) is 4.79 Å². The van der Waals surface area contributed by atoms with Gasteiger partial charge < -0.3 is 9.64 Å². The molecule has 2 aliphatic rings. The summed E-state index contributed by atoms with van der Waals surface area (Å²) < 4.78 is 7.18. The Labute approximate surface area is 100 Å². The lowest BCUT2D eigenvalue weighted by Crippen LogP contribution is -2.30. The van der Waals surface area contributed by atoms with Gasteiger partial charge in [-0.2, -0.15) is 0 Å². The number of rotatable bonds is 1. The number of H-pyrrole nitrogens is 1. The molecule has 3 rings (SSSR count). The van der Waals surface area contributed by atoms with Gasteiger partial charge in [-0.05, 0) is 26.3 Å². The fourth-order valence-electron chi connectivity index (χ4n) is 2.78. The Balaban J connectivity index is 1.93. The number of nitrogens with zero attached hydrogens (tertiary/aromatic N) is 2. The summed E-state index contributed by atoms with van der Waals surface area (Å²) >= 11 is 0. The Kier molecular flexibility index (Phi) is 2.80. The van der Waals surface area contributed by atoms with Gasteiger partial charge in [-0.25, -0.2) is 4.68 Å². The molecular formula is C12H19N3O2. The van der Waals surface area contributed by atoms with Crippen molar-refractivity contribution in [2.45, 2.75) is 31.8 Å². The van der Waals surface area contributed by atoms with Crippen molar-refractivity contribution >= 4 is 0 Å². The molecule has 5 nitrogen and oxygen atoms in total. The molecule has 0 unspecified atom stereocenters. The molecular weight excluding hydrogens is 218 g/mol. The number of fused-ring (bicyclic) bond motifs is 1. The number of aromatic nitrogens is 2. The largest absolute Gasteiger partial charge is 0.381 e. The third-order valence-electron chi connectivity index (χ3n) is 3.82. The van der Waals surface area contributed by atoms with E-state index in [0.29, 0.717) is 6.04 Å². The second-order valence-electron chi connectivity index (χ2n) is 5.08. The van der Waals surface area contributed by atoms with Crippen LogP contribution >= 0.6 is 0 Å². The highest BCUT2D eigenvalue weighted by molar-refractivity contribution is 5.20. The molecule has 1 aromatic rings. The predicted octanol–water partition coefficient (Wildman–Crippen LogP) is 0.516. The number of ether oxygens (including phenoxy) is 1. The normalized spacial score (nSPS) is 22.6. The SMILES string of the molecule is CN1CCc2c([nH]n(C3CCOCC3)c2=O)C1. The van der Waals surface area contributed by atoms with Crippen molar-refractivity contribution in [3.8, 4) is 0 Å². The smallest absolute Gasteiger partial charge is 0.270 e. The lowest BCUT2D eigenvalue weighted by Gasteiger charge is -2.22. The average molecular weight is 237 g/mol. The number of hydrogen-bond acceptors (Lipinski definition) is 3. The molecule has 0 aromatic carbocycles. The second kappa shape index (κ2) is 4.31. The highest BCUT2D eigenvalue weighted by Crippen LogP contribution is 2.20. The lowest BCUT2D eigenvalue weighted by molar-refractivity contribution is 0.0652. The molecule has 2 aliphatic heterocycles. The Morgan fingerprint density at radius 2 is 2.12 bits per heavy atom. The standard InChI is InChI=1S/C12H19N3O2/c1-14-5-2-10-11(8-14)13-15(12(10)16)9-3-6-17-7-4-9/h9,13H,2-8H2,1H3. The lowest BCUT2D eigenvalue weighted by atomic mass is 10.1. The average Bonchev–Trinajstić information content (AvgIpc) is 2.67. The molecule has 94 valence electrons. The third-order valence-corrected chi connectivity index (χ3v) is 3.82. The molecule has 5 heteroatoms. The molecule has 1 saturated heterocycles. The van der Waals surface area contributed by atoms with Crippen molar-refractivity contribution in [3.05, 3.63) is 21.6 Å². The van der Waals surface area contributed by atoms with E-state index in [2.05, 4.69) is 17.0 Å². The number of hydrogen-bond donors (Lipinski definition) is 1. The maximum atomic E-state index is 12.3. The summed E-state index contributed by atoms with van der Waals surface area (Å²) in [5.74, 6) is 0. The zero-order valence-corrected chi connectivity index (χ0v) is 10.2. The molecule has 1 N–H and O–H groups in total. The molecule has 0 amide bonds. The van der Waals surface area contributed by atoms with E-state index in [0.717, 1.165) is 56.8 Å². The molecule has 0 spiro atoms. The van der Waals surface area contributed by atoms with Gasteiger partial charge in [0.2, 0.25) is 0 Å². The Bertz CT molecular complexity index is 457. The summed E-state index contributed by atoms with van der Waals surface area (Å²) in [6.45, 7) is 3.37. The number of nitrogens with one attached hydrogen (secondary N) is 1. The second-order valence-corrected chi connectivity index (χ2v) is 5.08. The molecule has 1 aromatic heterocycles. The van der Waals surface area contributed by atoms with Crippen LogP contribution in [0.4, 0.5) is 0 Å². The van der Waals surface area contributed by atoms with Gasteiger partial charge in [0.1, 0.15) is 0 Å². The van der Waals surface area contributed by atoms with Gasteiger partial charge in [-0.15, -0.1) is 0 Å². The molecule has 0 saturated carbocycles. The zero-order valence-electron chi connectivity index (χ0n) is 10.2. The van der Waals surface area contributed by atoms with Crippen molar-refractivity contribution < 1.29 is 4.74 Å². The van der Waals surface area contributed by atoms with Crippen LogP contribution in [-0.4, -0.2) is 41.5 Å². The minimum Gasteiger partial charge on any atom is -0.381 e. The van der Waals surface area contributed by atoms with Gasteiger partial charge in [0, 0.05) is 31.9 Å². The molecule has 0 bridgehead atoms. The Hall–Kier alpha value is -1.07. The fourth-order valence-corrected chi connectivity index (χ4v) is 2.78. The van der Waals surface area contributed by atoms with E-state index in [4.69, 9.17) is 4.74 Å². The molecule has 1 fully saturated rings. The summed E-state index contributed by atoms with van der Waals surface area (Å²) in [6.07, 6.45) is 2.75. The van der Waals surface area contributed by atoms with Gasteiger partial charge in [0.05, 0.1) is 11.7 Å². The maximum Gasteiger partial charge on any atom is 0.270 e. The van der Waals surface area contributed by atoms with E-state index >= 15 is 0 Å². The number of aromatic amines is 1. The van der Waals surface area contributed by atoms with E-state index in [1.807, 2.05) is 4.68 Å². The first-order valence-electron chi connectivity index (χ1n) is 6.34. The highest BCUT2D eigenvalue weighted by Gasteiger charge is 2.24. The summed E-state index contributed by atoms with van der Waals surface area (Å²) in [5.41, 5.74) is 2.30. The predicted molar refractivity (Wildman–Crippen MR) is 64.2 cm³/mol. The van der Waals surface area contributed by atoms with E-state index in [9.17, 15) is 4.79 Å².